The number of hydrogen-bond donors (Lipinski definition) is 1. The summed E-state index contributed by atoms with van der Waals surface area (Å²) in [7, 11) is 3.34. The SMILES string of the molecule is COCCNC(=O)c1ccc2c(c1)CC/C=C(\c1ccccc1OC)c1ccccc1S2. The highest BCUT2D eigenvalue weighted by molar-refractivity contribution is 7.99. The molecule has 3 aromatic rings. The molecule has 0 saturated carbocycles. The van der Waals surface area contributed by atoms with Gasteiger partial charge in [-0.05, 0) is 59.9 Å². The molecule has 4 nitrogen and oxygen atoms in total. The molecule has 0 spiro atoms. The molecule has 3 aromatic carbocycles. The van der Waals surface area contributed by atoms with Gasteiger partial charge in [-0.2, -0.15) is 0 Å². The zero-order valence-corrected chi connectivity index (χ0v) is 19.2. The Morgan fingerprint density at radius 2 is 1.75 bits per heavy atom. The number of methoxy groups -OCH3 is 2. The molecule has 0 unspecified atom stereocenters. The second kappa shape index (κ2) is 10.5. The van der Waals surface area contributed by atoms with Gasteiger partial charge in [-0.15, -0.1) is 0 Å². The molecule has 0 bridgehead atoms. The van der Waals surface area contributed by atoms with E-state index < -0.39 is 0 Å². The topological polar surface area (TPSA) is 47.6 Å². The van der Waals surface area contributed by atoms with Crippen molar-refractivity contribution in [2.75, 3.05) is 27.4 Å². The van der Waals surface area contributed by atoms with Crippen LogP contribution in [0.15, 0.2) is 82.6 Å². The normalized spacial score (nSPS) is 14.6. The van der Waals surface area contributed by atoms with E-state index in [0.29, 0.717) is 18.7 Å². The van der Waals surface area contributed by atoms with Crippen LogP contribution in [-0.4, -0.2) is 33.3 Å². The zero-order chi connectivity index (χ0) is 22.3. The first-order valence-corrected chi connectivity index (χ1v) is 11.5. The van der Waals surface area contributed by atoms with E-state index >= 15 is 0 Å². The van der Waals surface area contributed by atoms with Gasteiger partial charge in [0.05, 0.1) is 13.7 Å². The molecular weight excluding hydrogens is 418 g/mol. The summed E-state index contributed by atoms with van der Waals surface area (Å²) in [6.45, 7) is 0.999. The van der Waals surface area contributed by atoms with Crippen LogP contribution in [0, 0.1) is 0 Å². The van der Waals surface area contributed by atoms with Crippen molar-refractivity contribution in [3.05, 3.63) is 95.1 Å². The van der Waals surface area contributed by atoms with Gasteiger partial charge >= 0.3 is 0 Å². The Hall–Kier alpha value is -3.02. The number of benzene rings is 3. The summed E-state index contributed by atoms with van der Waals surface area (Å²) in [5.74, 6) is 0.797. The molecule has 1 aliphatic rings. The fourth-order valence-electron chi connectivity index (χ4n) is 3.89. The van der Waals surface area contributed by atoms with Crippen molar-refractivity contribution in [2.24, 2.45) is 0 Å². The van der Waals surface area contributed by atoms with Gasteiger partial charge in [-0.3, -0.25) is 4.79 Å². The summed E-state index contributed by atoms with van der Waals surface area (Å²) in [6, 6.07) is 22.6. The van der Waals surface area contributed by atoms with Crippen molar-refractivity contribution in [3.8, 4) is 5.75 Å². The first-order chi connectivity index (χ1) is 15.7. The molecule has 32 heavy (non-hydrogen) atoms. The maximum Gasteiger partial charge on any atom is 0.251 e. The van der Waals surface area contributed by atoms with Crippen molar-refractivity contribution in [1.29, 1.82) is 0 Å². The number of hydrogen-bond acceptors (Lipinski definition) is 4. The number of carbonyl (C=O) groups is 1. The van der Waals surface area contributed by atoms with Gasteiger partial charge in [0, 0.05) is 34.6 Å². The van der Waals surface area contributed by atoms with Crippen LogP contribution in [0.4, 0.5) is 0 Å². The summed E-state index contributed by atoms with van der Waals surface area (Å²) < 4.78 is 10.7. The van der Waals surface area contributed by atoms with Gasteiger partial charge in [0.2, 0.25) is 0 Å². The monoisotopic (exact) mass is 445 g/mol. The third kappa shape index (κ3) is 4.90. The number of carbonyl (C=O) groups excluding carboxylic acids is 1. The van der Waals surface area contributed by atoms with E-state index in [1.807, 2.05) is 30.3 Å². The van der Waals surface area contributed by atoms with Gasteiger partial charge in [0.25, 0.3) is 5.91 Å². The van der Waals surface area contributed by atoms with Gasteiger partial charge < -0.3 is 14.8 Å². The third-order valence-electron chi connectivity index (χ3n) is 5.47. The fourth-order valence-corrected chi connectivity index (χ4v) is 4.98. The van der Waals surface area contributed by atoms with Gasteiger partial charge in [-0.25, -0.2) is 0 Å². The van der Waals surface area contributed by atoms with Crippen molar-refractivity contribution < 1.29 is 14.3 Å². The van der Waals surface area contributed by atoms with Crippen LogP contribution in [0.1, 0.15) is 33.5 Å². The minimum absolute atomic E-state index is 0.0691. The lowest BCUT2D eigenvalue weighted by molar-refractivity contribution is 0.0937. The van der Waals surface area contributed by atoms with E-state index in [9.17, 15) is 4.79 Å². The Bertz CT molecular complexity index is 1140. The van der Waals surface area contributed by atoms with E-state index in [-0.39, 0.29) is 5.91 Å². The Labute approximate surface area is 193 Å². The number of nitrogens with one attached hydrogen (secondary N) is 1. The Morgan fingerprint density at radius 1 is 0.969 bits per heavy atom. The van der Waals surface area contributed by atoms with Crippen molar-refractivity contribution in [1.82, 2.24) is 5.32 Å². The molecule has 1 amide bonds. The lowest BCUT2D eigenvalue weighted by atomic mass is 9.95. The van der Waals surface area contributed by atoms with Crippen LogP contribution < -0.4 is 10.1 Å². The number of aryl methyl sites for hydroxylation is 1. The maximum atomic E-state index is 12.5. The molecule has 0 fully saturated rings. The minimum Gasteiger partial charge on any atom is -0.496 e. The standard InChI is InChI=1S/C27H27NO3S/c1-30-17-16-28-27(29)20-14-15-25-19(18-20)8-7-11-21(22-9-3-5-12-24(22)31-2)23-10-4-6-13-26(23)32-25/h3-6,9-15,18H,7-8,16-17H2,1-2H3,(H,28,29)/b21-11+. The van der Waals surface area contributed by atoms with Crippen molar-refractivity contribution in [3.63, 3.8) is 0 Å². The smallest absolute Gasteiger partial charge is 0.251 e. The molecular formula is C27H27NO3S. The number of allylic oxidation sites excluding steroid dienone is 1. The first kappa shape index (κ1) is 22.2. The van der Waals surface area contributed by atoms with Crippen LogP contribution >= 0.6 is 11.8 Å². The third-order valence-corrected chi connectivity index (χ3v) is 6.66. The van der Waals surface area contributed by atoms with Gasteiger partial charge in [0.15, 0.2) is 0 Å². The first-order valence-electron chi connectivity index (χ1n) is 10.7. The molecule has 0 atom stereocenters. The molecule has 0 aromatic heterocycles. The highest BCUT2D eigenvalue weighted by Gasteiger charge is 2.18. The van der Waals surface area contributed by atoms with Crippen LogP contribution in [0.3, 0.4) is 0 Å². The van der Waals surface area contributed by atoms with Crippen LogP contribution in [0.5, 0.6) is 5.75 Å². The molecule has 1 heterocycles. The predicted molar refractivity (Wildman–Crippen MR) is 130 cm³/mol. The van der Waals surface area contributed by atoms with Crippen molar-refractivity contribution in [2.45, 2.75) is 22.6 Å². The summed E-state index contributed by atoms with van der Waals surface area (Å²) >= 11 is 1.75. The number of amides is 1. The average Bonchev–Trinajstić information content (AvgIpc) is 2.90. The minimum atomic E-state index is -0.0691. The second-order valence-corrected chi connectivity index (χ2v) is 8.61. The summed E-state index contributed by atoms with van der Waals surface area (Å²) in [4.78, 5) is 14.9. The summed E-state index contributed by atoms with van der Waals surface area (Å²) in [6.07, 6.45) is 4.01. The molecule has 164 valence electrons. The molecule has 5 heteroatoms. The predicted octanol–water partition coefficient (Wildman–Crippen LogP) is 5.60. The largest absolute Gasteiger partial charge is 0.496 e. The van der Waals surface area contributed by atoms with Gasteiger partial charge in [0.1, 0.15) is 5.75 Å². The van der Waals surface area contributed by atoms with Crippen molar-refractivity contribution >= 4 is 23.2 Å². The molecule has 0 saturated heterocycles. The number of ether oxygens (including phenoxy) is 2. The molecule has 0 aliphatic carbocycles. The van der Waals surface area contributed by atoms with E-state index in [1.165, 1.54) is 26.5 Å². The van der Waals surface area contributed by atoms with E-state index in [0.717, 1.165) is 24.2 Å². The van der Waals surface area contributed by atoms with E-state index in [4.69, 9.17) is 9.47 Å². The fraction of sp³-hybridized carbons (Fsp3) is 0.222. The number of rotatable bonds is 6. The number of para-hydroxylation sites is 1. The van der Waals surface area contributed by atoms with Gasteiger partial charge in [-0.1, -0.05) is 54.2 Å². The lowest BCUT2D eigenvalue weighted by Gasteiger charge is -2.16. The summed E-state index contributed by atoms with van der Waals surface area (Å²) in [5, 5.41) is 2.91. The van der Waals surface area contributed by atoms with E-state index in [2.05, 4.69) is 47.8 Å². The molecule has 1 aliphatic heterocycles. The Morgan fingerprint density at radius 3 is 2.56 bits per heavy atom. The Kier molecular flexibility index (Phi) is 7.30. The number of fused-ring (bicyclic) bond motifs is 2. The lowest BCUT2D eigenvalue weighted by Crippen LogP contribution is -2.27. The second-order valence-electron chi connectivity index (χ2n) is 7.53. The van der Waals surface area contributed by atoms with Crippen LogP contribution in [0.2, 0.25) is 0 Å². The van der Waals surface area contributed by atoms with E-state index in [1.54, 1.807) is 26.0 Å². The zero-order valence-electron chi connectivity index (χ0n) is 18.4. The molecule has 1 N–H and O–H groups in total. The highest BCUT2D eigenvalue weighted by Crippen LogP contribution is 2.41. The maximum absolute atomic E-state index is 12.5. The summed E-state index contributed by atoms with van der Waals surface area (Å²) in [5.41, 5.74) is 5.32. The average molecular weight is 446 g/mol. The Balaban J connectivity index is 1.71. The highest BCUT2D eigenvalue weighted by atomic mass is 32.2. The van der Waals surface area contributed by atoms with Crippen LogP contribution in [-0.2, 0) is 11.2 Å². The molecule has 4 rings (SSSR count). The quantitative estimate of drug-likeness (QED) is 0.502. The molecule has 0 radical (unpaired) electrons. The van der Waals surface area contributed by atoms with Crippen LogP contribution in [0.25, 0.3) is 5.57 Å².